The molecule has 1 aromatic rings. The molecule has 0 bridgehead atoms. The second kappa shape index (κ2) is 8.26. The molecule has 2 aliphatic rings. The van der Waals surface area contributed by atoms with Crippen LogP contribution in [0.15, 0.2) is 29.3 Å². The van der Waals surface area contributed by atoms with Crippen LogP contribution in [0.4, 0.5) is 0 Å². The first kappa shape index (κ1) is 19.1. The van der Waals surface area contributed by atoms with Gasteiger partial charge in [0.25, 0.3) is 0 Å². The number of carbonyl (C=O) groups is 1. The van der Waals surface area contributed by atoms with Gasteiger partial charge >= 0.3 is 0 Å². The van der Waals surface area contributed by atoms with Crippen LogP contribution in [-0.4, -0.2) is 29.9 Å². The Labute approximate surface area is 154 Å². The highest BCUT2D eigenvalue weighted by Crippen LogP contribution is 2.29. The molecule has 1 aromatic carbocycles. The van der Waals surface area contributed by atoms with Crippen molar-refractivity contribution in [2.45, 2.75) is 39.2 Å². The number of nitrogens with one attached hydrogen (secondary N) is 2. The third kappa shape index (κ3) is 4.90. The van der Waals surface area contributed by atoms with Gasteiger partial charge in [-0.3, -0.25) is 9.79 Å². The Morgan fingerprint density at radius 1 is 1.42 bits per heavy atom. The lowest BCUT2D eigenvalue weighted by Gasteiger charge is -2.29. The van der Waals surface area contributed by atoms with Gasteiger partial charge in [-0.05, 0) is 30.4 Å². The number of amidine groups is 1. The summed E-state index contributed by atoms with van der Waals surface area (Å²) >= 11 is 1.50. The summed E-state index contributed by atoms with van der Waals surface area (Å²) in [5, 5.41) is 7.40. The average molecular weight is 368 g/mol. The van der Waals surface area contributed by atoms with Crippen LogP contribution in [0.2, 0.25) is 0 Å². The lowest BCUT2D eigenvalue weighted by atomic mass is 9.88. The highest BCUT2D eigenvalue weighted by molar-refractivity contribution is 8.14. The van der Waals surface area contributed by atoms with Gasteiger partial charge in [-0.25, -0.2) is 0 Å². The number of aliphatic imine (C=N–C) groups is 1. The number of nitrogens with zero attached hydrogens (tertiary/aromatic N) is 1. The summed E-state index contributed by atoms with van der Waals surface area (Å²) in [7, 11) is 0. The number of amides is 1. The molecule has 3 rings (SSSR count). The highest BCUT2D eigenvalue weighted by atomic mass is 35.5. The number of benzene rings is 1. The third-order valence-electron chi connectivity index (χ3n) is 4.41. The summed E-state index contributed by atoms with van der Waals surface area (Å²) in [6.45, 7) is 6.12. The SMILES string of the molecule is CC1(C)CN=C(SCC(=O)NC2CCCc3ccccc32)NC1.Cl. The lowest BCUT2D eigenvalue weighted by Crippen LogP contribution is -2.40. The molecule has 132 valence electrons. The van der Waals surface area contributed by atoms with Gasteiger partial charge in [0, 0.05) is 18.5 Å². The van der Waals surface area contributed by atoms with E-state index in [0.717, 1.165) is 37.5 Å². The topological polar surface area (TPSA) is 53.5 Å². The van der Waals surface area contributed by atoms with Crippen molar-refractivity contribution < 1.29 is 4.79 Å². The number of halogens is 1. The first-order valence-electron chi connectivity index (χ1n) is 8.32. The van der Waals surface area contributed by atoms with Crippen LogP contribution >= 0.6 is 24.2 Å². The molecule has 4 nitrogen and oxygen atoms in total. The molecule has 0 saturated carbocycles. The van der Waals surface area contributed by atoms with Crippen molar-refractivity contribution in [3.63, 3.8) is 0 Å². The fourth-order valence-corrected chi connectivity index (χ4v) is 3.76. The molecule has 0 saturated heterocycles. The van der Waals surface area contributed by atoms with Gasteiger partial charge in [0.1, 0.15) is 0 Å². The van der Waals surface area contributed by atoms with Gasteiger partial charge in [-0.2, -0.15) is 0 Å². The summed E-state index contributed by atoms with van der Waals surface area (Å²) < 4.78 is 0. The molecule has 24 heavy (non-hydrogen) atoms. The number of carbonyl (C=O) groups excluding carboxylic acids is 1. The monoisotopic (exact) mass is 367 g/mol. The summed E-state index contributed by atoms with van der Waals surface area (Å²) in [5.41, 5.74) is 2.86. The minimum absolute atomic E-state index is 0. The van der Waals surface area contributed by atoms with E-state index < -0.39 is 0 Å². The Bertz CT molecular complexity index is 618. The van der Waals surface area contributed by atoms with E-state index in [1.165, 1.54) is 22.9 Å². The zero-order valence-electron chi connectivity index (χ0n) is 14.3. The van der Waals surface area contributed by atoms with Gasteiger partial charge in [-0.1, -0.05) is 49.9 Å². The number of fused-ring (bicyclic) bond motifs is 1. The fraction of sp³-hybridized carbons (Fsp3) is 0.556. The molecule has 1 atom stereocenters. The van der Waals surface area contributed by atoms with Gasteiger partial charge in [0.2, 0.25) is 5.91 Å². The quantitative estimate of drug-likeness (QED) is 0.861. The maximum Gasteiger partial charge on any atom is 0.230 e. The third-order valence-corrected chi connectivity index (χ3v) is 5.37. The predicted molar refractivity (Wildman–Crippen MR) is 104 cm³/mol. The number of aryl methyl sites for hydroxylation is 1. The fourth-order valence-electron chi connectivity index (χ4n) is 3.08. The summed E-state index contributed by atoms with van der Waals surface area (Å²) in [5.74, 6) is 0.510. The molecule has 1 aliphatic carbocycles. The molecule has 0 fully saturated rings. The van der Waals surface area contributed by atoms with E-state index in [4.69, 9.17) is 0 Å². The molecular weight excluding hydrogens is 342 g/mol. The van der Waals surface area contributed by atoms with Gasteiger partial charge in [-0.15, -0.1) is 12.4 Å². The van der Waals surface area contributed by atoms with Crippen LogP contribution in [0.5, 0.6) is 0 Å². The predicted octanol–water partition coefficient (Wildman–Crippen LogP) is 3.32. The Morgan fingerprint density at radius 2 is 2.21 bits per heavy atom. The van der Waals surface area contributed by atoms with E-state index in [-0.39, 0.29) is 29.8 Å². The van der Waals surface area contributed by atoms with Crippen LogP contribution in [0.25, 0.3) is 0 Å². The summed E-state index contributed by atoms with van der Waals surface area (Å²) in [4.78, 5) is 16.8. The molecule has 0 radical (unpaired) electrons. The highest BCUT2D eigenvalue weighted by Gasteiger charge is 2.24. The lowest BCUT2D eigenvalue weighted by molar-refractivity contribution is -0.119. The van der Waals surface area contributed by atoms with Crippen molar-refractivity contribution in [3.05, 3.63) is 35.4 Å². The second-order valence-corrected chi connectivity index (χ2v) is 8.10. The minimum atomic E-state index is 0. The van der Waals surface area contributed by atoms with Gasteiger partial charge in [0.15, 0.2) is 5.17 Å². The van der Waals surface area contributed by atoms with E-state index in [1.807, 2.05) is 0 Å². The van der Waals surface area contributed by atoms with Crippen molar-refractivity contribution >= 4 is 35.2 Å². The number of hydrogen-bond acceptors (Lipinski definition) is 4. The molecule has 0 spiro atoms. The zero-order valence-corrected chi connectivity index (χ0v) is 15.9. The summed E-state index contributed by atoms with van der Waals surface area (Å²) in [6, 6.07) is 8.60. The molecule has 1 amide bonds. The van der Waals surface area contributed by atoms with Crippen molar-refractivity contribution in [2.75, 3.05) is 18.8 Å². The Morgan fingerprint density at radius 3 is 2.96 bits per heavy atom. The minimum Gasteiger partial charge on any atom is -0.364 e. The van der Waals surface area contributed by atoms with Crippen molar-refractivity contribution in [2.24, 2.45) is 10.4 Å². The standard InChI is InChI=1S/C18H25N3OS.ClH/c1-18(2)11-19-17(20-12-18)23-10-16(22)21-15-9-5-7-13-6-3-4-8-14(13)15;/h3-4,6,8,15H,5,7,9-12H2,1-2H3,(H,19,20)(H,21,22);1H. The van der Waals surface area contributed by atoms with E-state index in [1.54, 1.807) is 0 Å². The van der Waals surface area contributed by atoms with Crippen LogP contribution in [0, 0.1) is 5.41 Å². The maximum atomic E-state index is 12.3. The van der Waals surface area contributed by atoms with Crippen LogP contribution in [0.3, 0.4) is 0 Å². The second-order valence-electron chi connectivity index (χ2n) is 7.14. The Balaban J connectivity index is 0.00000208. The largest absolute Gasteiger partial charge is 0.364 e. The summed E-state index contributed by atoms with van der Waals surface area (Å²) in [6.07, 6.45) is 3.28. The van der Waals surface area contributed by atoms with Gasteiger partial charge < -0.3 is 10.6 Å². The van der Waals surface area contributed by atoms with E-state index >= 15 is 0 Å². The normalized spacial score (nSPS) is 21.6. The zero-order chi connectivity index (χ0) is 16.3. The van der Waals surface area contributed by atoms with E-state index in [0.29, 0.717) is 5.75 Å². The van der Waals surface area contributed by atoms with Gasteiger partial charge in [0.05, 0.1) is 11.8 Å². The van der Waals surface area contributed by atoms with Crippen LogP contribution in [-0.2, 0) is 11.2 Å². The molecule has 1 heterocycles. The van der Waals surface area contributed by atoms with E-state index in [9.17, 15) is 4.79 Å². The first-order valence-corrected chi connectivity index (χ1v) is 9.30. The molecule has 2 N–H and O–H groups in total. The van der Waals surface area contributed by atoms with Crippen molar-refractivity contribution in [1.82, 2.24) is 10.6 Å². The van der Waals surface area contributed by atoms with E-state index in [2.05, 4.69) is 53.7 Å². The number of hydrogen-bond donors (Lipinski definition) is 2. The molecular formula is C18H26ClN3OS. The molecule has 1 aliphatic heterocycles. The maximum absolute atomic E-state index is 12.3. The molecule has 0 aromatic heterocycles. The van der Waals surface area contributed by atoms with Crippen LogP contribution < -0.4 is 10.6 Å². The van der Waals surface area contributed by atoms with Crippen molar-refractivity contribution in [1.29, 1.82) is 0 Å². The Kier molecular flexibility index (Phi) is 6.58. The number of rotatable bonds is 3. The Hall–Kier alpha value is -1.20. The first-order chi connectivity index (χ1) is 11.0. The van der Waals surface area contributed by atoms with Crippen molar-refractivity contribution in [3.8, 4) is 0 Å². The average Bonchev–Trinajstić information content (AvgIpc) is 2.54. The smallest absolute Gasteiger partial charge is 0.230 e. The van der Waals surface area contributed by atoms with Crippen LogP contribution in [0.1, 0.15) is 43.9 Å². The molecule has 1 unspecified atom stereocenters. The molecule has 6 heteroatoms. The number of thioether (sulfide) groups is 1.